The molecule has 0 aromatic heterocycles. The topological polar surface area (TPSA) is 46.5 Å². The molecule has 1 N–H and O–H groups in total. The summed E-state index contributed by atoms with van der Waals surface area (Å²) in [6.07, 6.45) is -11.3. The van der Waals surface area contributed by atoms with Gasteiger partial charge in [0, 0.05) is 17.4 Å². The average molecular weight is 414 g/mol. The Morgan fingerprint density at radius 2 is 1.43 bits per heavy atom. The Labute approximate surface area is 159 Å². The van der Waals surface area contributed by atoms with Crippen LogP contribution in [0.3, 0.4) is 0 Å². The van der Waals surface area contributed by atoms with Crippen molar-refractivity contribution >= 4 is 5.97 Å². The van der Waals surface area contributed by atoms with Crippen molar-refractivity contribution in [2.75, 3.05) is 0 Å². The van der Waals surface area contributed by atoms with Gasteiger partial charge in [-0.25, -0.2) is 4.79 Å². The van der Waals surface area contributed by atoms with Crippen LogP contribution in [0, 0.1) is 23.2 Å². The molecule has 4 aliphatic rings. The van der Waals surface area contributed by atoms with Gasteiger partial charge in [-0.05, 0) is 63.2 Å². The lowest BCUT2D eigenvalue weighted by molar-refractivity contribution is -0.377. The Kier molecular flexibility index (Phi) is 5.09. The number of alkyl halides is 6. The van der Waals surface area contributed by atoms with Crippen LogP contribution in [-0.2, 0) is 9.53 Å². The third kappa shape index (κ3) is 3.55. The number of esters is 1. The van der Waals surface area contributed by atoms with E-state index in [1.165, 1.54) is 6.92 Å². The van der Waals surface area contributed by atoms with Gasteiger partial charge in [0.05, 0.1) is 0 Å². The van der Waals surface area contributed by atoms with Crippen LogP contribution in [0.25, 0.3) is 0 Å². The molecule has 4 aliphatic carbocycles. The van der Waals surface area contributed by atoms with Crippen molar-refractivity contribution in [3.05, 3.63) is 12.2 Å². The highest BCUT2D eigenvalue weighted by Crippen LogP contribution is 2.63. The van der Waals surface area contributed by atoms with Crippen LogP contribution in [0.2, 0.25) is 0 Å². The average Bonchev–Trinajstić information content (AvgIpc) is 2.50. The van der Waals surface area contributed by atoms with Crippen molar-refractivity contribution in [2.45, 2.75) is 75.9 Å². The number of hydrogen-bond donors (Lipinski definition) is 1. The molecule has 0 radical (unpaired) electrons. The summed E-state index contributed by atoms with van der Waals surface area (Å²) in [6.45, 7) is 4.64. The second-order valence-electron chi connectivity index (χ2n) is 9.01. The monoisotopic (exact) mass is 414 g/mol. The second-order valence-corrected chi connectivity index (χ2v) is 9.01. The highest BCUT2D eigenvalue weighted by atomic mass is 19.4. The first kappa shape index (κ1) is 21.5. The zero-order valence-corrected chi connectivity index (χ0v) is 15.5. The molecule has 9 heteroatoms. The van der Waals surface area contributed by atoms with E-state index >= 15 is 0 Å². The minimum absolute atomic E-state index is 0.114. The number of halogens is 6. The molecule has 0 saturated heterocycles. The highest BCUT2D eigenvalue weighted by Gasteiger charge is 2.72. The van der Waals surface area contributed by atoms with E-state index in [0.717, 1.165) is 19.3 Å². The van der Waals surface area contributed by atoms with Crippen molar-refractivity contribution in [1.82, 2.24) is 0 Å². The minimum Gasteiger partial charge on any atom is -0.458 e. The molecule has 4 saturated carbocycles. The molecule has 4 fully saturated rings. The fourth-order valence-corrected chi connectivity index (χ4v) is 5.85. The number of carbonyl (C=O) groups excluding carboxylic acids is 1. The predicted molar refractivity (Wildman–Crippen MR) is 87.0 cm³/mol. The summed E-state index contributed by atoms with van der Waals surface area (Å²) in [5, 5.41) is 9.74. The summed E-state index contributed by atoms with van der Waals surface area (Å²) < 4.78 is 85.0. The van der Waals surface area contributed by atoms with Crippen LogP contribution in [0.5, 0.6) is 0 Å². The van der Waals surface area contributed by atoms with Gasteiger partial charge in [0.1, 0.15) is 6.10 Å². The molecule has 4 rings (SSSR count). The highest BCUT2D eigenvalue weighted by molar-refractivity contribution is 5.87. The van der Waals surface area contributed by atoms with Crippen molar-refractivity contribution < 1.29 is 41.0 Å². The van der Waals surface area contributed by atoms with Crippen LogP contribution in [0.15, 0.2) is 12.2 Å². The molecule has 160 valence electrons. The molecule has 0 amide bonds. The summed E-state index contributed by atoms with van der Waals surface area (Å²) in [7, 11) is 0. The van der Waals surface area contributed by atoms with E-state index in [-0.39, 0.29) is 23.3 Å². The Hall–Kier alpha value is -1.25. The van der Waals surface area contributed by atoms with Gasteiger partial charge in [0.2, 0.25) is 0 Å². The summed E-state index contributed by atoms with van der Waals surface area (Å²) in [6, 6.07) is 0. The van der Waals surface area contributed by atoms with E-state index in [4.69, 9.17) is 4.74 Å². The van der Waals surface area contributed by atoms with Gasteiger partial charge in [-0.15, -0.1) is 0 Å². The summed E-state index contributed by atoms with van der Waals surface area (Å²) >= 11 is 0. The van der Waals surface area contributed by atoms with Crippen LogP contribution >= 0.6 is 0 Å². The fraction of sp³-hybridized carbons (Fsp3) is 0.842. The Balaban J connectivity index is 1.98. The number of aliphatic hydroxyl groups is 1. The van der Waals surface area contributed by atoms with Gasteiger partial charge < -0.3 is 9.84 Å². The maximum Gasteiger partial charge on any atom is 0.426 e. The molecule has 0 heterocycles. The van der Waals surface area contributed by atoms with Crippen LogP contribution < -0.4 is 0 Å². The molecule has 0 spiro atoms. The largest absolute Gasteiger partial charge is 0.458 e. The molecule has 28 heavy (non-hydrogen) atoms. The first-order valence-corrected chi connectivity index (χ1v) is 9.39. The summed E-state index contributed by atoms with van der Waals surface area (Å²) in [5.74, 6) is -0.404. The Morgan fingerprint density at radius 3 is 1.75 bits per heavy atom. The van der Waals surface area contributed by atoms with E-state index in [9.17, 15) is 36.2 Å². The second kappa shape index (κ2) is 6.64. The zero-order chi connectivity index (χ0) is 21.1. The van der Waals surface area contributed by atoms with Gasteiger partial charge >= 0.3 is 18.3 Å². The van der Waals surface area contributed by atoms with Crippen LogP contribution in [0.4, 0.5) is 26.3 Å². The lowest BCUT2D eigenvalue weighted by Crippen LogP contribution is -2.62. The van der Waals surface area contributed by atoms with Crippen molar-refractivity contribution in [3.63, 3.8) is 0 Å². The van der Waals surface area contributed by atoms with E-state index in [1.807, 2.05) is 0 Å². The molecule has 1 atom stereocenters. The van der Waals surface area contributed by atoms with Crippen molar-refractivity contribution in [2.24, 2.45) is 23.2 Å². The normalized spacial score (nSPS) is 33.6. The predicted octanol–water partition coefficient (Wildman–Crippen LogP) is 4.94. The van der Waals surface area contributed by atoms with Crippen molar-refractivity contribution in [1.29, 1.82) is 0 Å². The lowest BCUT2D eigenvalue weighted by Gasteiger charge is -2.59. The molecule has 0 aliphatic heterocycles. The summed E-state index contributed by atoms with van der Waals surface area (Å²) in [5.41, 5.74) is -6.02. The van der Waals surface area contributed by atoms with Gasteiger partial charge in [0.15, 0.2) is 0 Å². The van der Waals surface area contributed by atoms with E-state index in [2.05, 4.69) is 6.58 Å². The SMILES string of the molecule is C=C(C)C(=O)OC(CC(O)(C(F)(F)F)C(F)(F)F)C12CC3CC(CC(C3)C1)C2. The van der Waals surface area contributed by atoms with E-state index in [0.29, 0.717) is 19.3 Å². The lowest BCUT2D eigenvalue weighted by atomic mass is 9.47. The third-order valence-corrected chi connectivity index (χ3v) is 6.79. The molecular weight excluding hydrogens is 390 g/mol. The minimum atomic E-state index is -5.94. The standard InChI is InChI=1S/C19H24F6O3/c1-10(2)15(26)28-14(9-17(27,18(20,21)22)19(23,24)25)16-6-11-3-12(7-16)5-13(4-11)8-16/h11-14,27H,1,3-9H2,2H3. The molecule has 1 unspecified atom stereocenters. The third-order valence-electron chi connectivity index (χ3n) is 6.79. The van der Waals surface area contributed by atoms with Crippen LogP contribution in [-0.4, -0.2) is 35.1 Å². The molecular formula is C19H24F6O3. The van der Waals surface area contributed by atoms with Gasteiger partial charge in [-0.3, -0.25) is 0 Å². The quantitative estimate of drug-likeness (QED) is 0.394. The Bertz CT molecular complexity index is 602. The maximum atomic E-state index is 13.3. The van der Waals surface area contributed by atoms with Gasteiger partial charge in [-0.2, -0.15) is 26.3 Å². The zero-order valence-electron chi connectivity index (χ0n) is 15.5. The Morgan fingerprint density at radius 1 is 1.04 bits per heavy atom. The van der Waals surface area contributed by atoms with Crippen molar-refractivity contribution in [3.8, 4) is 0 Å². The number of carbonyl (C=O) groups is 1. The van der Waals surface area contributed by atoms with E-state index in [1.54, 1.807) is 0 Å². The fourth-order valence-electron chi connectivity index (χ4n) is 5.85. The molecule has 3 nitrogen and oxygen atoms in total. The molecule has 4 bridgehead atoms. The molecule has 0 aromatic rings. The van der Waals surface area contributed by atoms with E-state index < -0.39 is 41.9 Å². The van der Waals surface area contributed by atoms with Gasteiger partial charge in [-0.1, -0.05) is 6.58 Å². The van der Waals surface area contributed by atoms with Gasteiger partial charge in [0.25, 0.3) is 5.60 Å². The van der Waals surface area contributed by atoms with Crippen LogP contribution in [0.1, 0.15) is 51.9 Å². The first-order chi connectivity index (χ1) is 12.7. The molecule has 0 aromatic carbocycles. The number of hydrogen-bond acceptors (Lipinski definition) is 3. The number of ether oxygens (including phenoxy) is 1. The summed E-state index contributed by atoms with van der Waals surface area (Å²) in [4.78, 5) is 12.1. The number of rotatable bonds is 5. The first-order valence-electron chi connectivity index (χ1n) is 9.39. The smallest absolute Gasteiger partial charge is 0.426 e. The maximum absolute atomic E-state index is 13.3.